The highest BCUT2D eigenvalue weighted by Gasteiger charge is 2.22. The predicted octanol–water partition coefficient (Wildman–Crippen LogP) is 4.03. The Kier molecular flexibility index (Phi) is 5.21. The average Bonchev–Trinajstić information content (AvgIpc) is 2.76. The maximum absolute atomic E-state index is 12.1. The molecule has 0 saturated carbocycles. The first kappa shape index (κ1) is 18.6. The molecule has 3 nitrogen and oxygen atoms in total. The first-order valence-corrected chi connectivity index (χ1v) is 9.57. The lowest BCUT2D eigenvalue weighted by Crippen LogP contribution is -2.46. The van der Waals surface area contributed by atoms with Crippen molar-refractivity contribution in [3.63, 3.8) is 0 Å². The van der Waals surface area contributed by atoms with E-state index >= 15 is 0 Å². The van der Waals surface area contributed by atoms with Gasteiger partial charge >= 0.3 is 0 Å². The number of carbonyl (C=O) groups excluding carboxylic acids is 1. The molecule has 0 aliphatic heterocycles. The number of carboxylic acids is 1. The van der Waals surface area contributed by atoms with Crippen LogP contribution in [0.1, 0.15) is 21.6 Å². The molecule has 3 heteroatoms. The van der Waals surface area contributed by atoms with Crippen LogP contribution in [0.2, 0.25) is 0 Å². The van der Waals surface area contributed by atoms with Crippen molar-refractivity contribution in [1.29, 1.82) is 0 Å². The Bertz CT molecular complexity index is 1130. The van der Waals surface area contributed by atoms with Gasteiger partial charge in [0.25, 0.3) is 0 Å². The normalized spacial score (nSPS) is 10.7. The zero-order valence-corrected chi connectivity index (χ0v) is 16.2. The van der Waals surface area contributed by atoms with Crippen LogP contribution >= 0.6 is 0 Å². The Morgan fingerprint density at radius 1 is 0.759 bits per heavy atom. The fraction of sp³-hybridized carbons (Fsp3) is 0.0769. The van der Waals surface area contributed by atoms with Gasteiger partial charge < -0.3 is 9.90 Å². The Balaban J connectivity index is 1.94. The summed E-state index contributed by atoms with van der Waals surface area (Å²) in [5, 5.41) is 12.1. The SMILES string of the molecule is Cc1ccc(C[n+]2c(C(=O)[O-])cc(-c3ccccc3)cc2-c2ccccc2)cc1. The van der Waals surface area contributed by atoms with Crippen LogP contribution in [0.4, 0.5) is 0 Å². The topological polar surface area (TPSA) is 44.0 Å². The molecule has 3 aromatic carbocycles. The van der Waals surface area contributed by atoms with Gasteiger partial charge in [0.1, 0.15) is 5.97 Å². The smallest absolute Gasteiger partial charge is 0.229 e. The van der Waals surface area contributed by atoms with Crippen molar-refractivity contribution in [2.45, 2.75) is 13.5 Å². The summed E-state index contributed by atoms with van der Waals surface area (Å²) in [5.74, 6) is -1.19. The van der Waals surface area contributed by atoms with Crippen LogP contribution in [0.5, 0.6) is 0 Å². The van der Waals surface area contributed by atoms with E-state index in [9.17, 15) is 9.90 Å². The number of nitrogens with zero attached hydrogens (tertiary/aromatic N) is 1. The fourth-order valence-electron chi connectivity index (χ4n) is 3.48. The summed E-state index contributed by atoms with van der Waals surface area (Å²) < 4.78 is 1.82. The summed E-state index contributed by atoms with van der Waals surface area (Å²) in [6.45, 7) is 2.48. The van der Waals surface area contributed by atoms with Gasteiger partial charge in [-0.05, 0) is 30.2 Å². The molecule has 29 heavy (non-hydrogen) atoms. The van der Waals surface area contributed by atoms with Crippen LogP contribution in [0, 0.1) is 6.92 Å². The number of pyridine rings is 1. The highest BCUT2D eigenvalue weighted by Crippen LogP contribution is 2.25. The third-order valence-electron chi connectivity index (χ3n) is 5.01. The summed E-state index contributed by atoms with van der Waals surface area (Å²) in [6, 6.07) is 31.5. The number of carbonyl (C=O) groups is 1. The first-order valence-electron chi connectivity index (χ1n) is 9.57. The molecule has 0 spiro atoms. The largest absolute Gasteiger partial charge is 0.539 e. The molecule has 142 valence electrons. The summed E-state index contributed by atoms with van der Waals surface area (Å²) in [6.07, 6.45) is 0. The van der Waals surface area contributed by atoms with Crippen LogP contribution in [-0.2, 0) is 6.54 Å². The van der Waals surface area contributed by atoms with E-state index in [1.807, 2.05) is 102 Å². The molecule has 0 unspecified atom stereocenters. The first-order chi connectivity index (χ1) is 14.1. The van der Waals surface area contributed by atoms with Crippen molar-refractivity contribution in [2.75, 3.05) is 0 Å². The molecule has 0 atom stereocenters. The summed E-state index contributed by atoms with van der Waals surface area (Å²) in [4.78, 5) is 12.1. The zero-order chi connectivity index (χ0) is 20.2. The minimum atomic E-state index is -1.19. The van der Waals surface area contributed by atoms with E-state index in [4.69, 9.17) is 0 Å². The zero-order valence-electron chi connectivity index (χ0n) is 16.2. The Labute approximate surface area is 170 Å². The van der Waals surface area contributed by atoms with E-state index < -0.39 is 5.97 Å². The van der Waals surface area contributed by atoms with E-state index in [1.165, 1.54) is 5.56 Å². The standard InChI is InChI=1S/C26H21NO2/c1-19-12-14-20(15-13-19)18-27-24(22-10-6-3-7-11-22)16-23(17-25(27)26(28)29)21-8-4-2-5-9-21/h2-17H,18H2,1H3. The number of carboxylic acid groups (broad SMARTS) is 1. The van der Waals surface area contributed by atoms with Gasteiger partial charge in [0.15, 0.2) is 6.54 Å². The number of rotatable bonds is 5. The molecule has 4 aromatic rings. The number of aryl methyl sites for hydroxylation is 1. The molecular weight excluding hydrogens is 358 g/mol. The van der Waals surface area contributed by atoms with Gasteiger partial charge in [-0.2, -0.15) is 4.57 Å². The minimum Gasteiger partial charge on any atom is -0.539 e. The van der Waals surface area contributed by atoms with Gasteiger partial charge in [0.2, 0.25) is 11.4 Å². The quantitative estimate of drug-likeness (QED) is 0.492. The van der Waals surface area contributed by atoms with E-state index in [2.05, 4.69) is 0 Å². The van der Waals surface area contributed by atoms with E-state index in [0.29, 0.717) is 6.54 Å². The lowest BCUT2D eigenvalue weighted by atomic mass is 10.0. The minimum absolute atomic E-state index is 0.158. The molecule has 0 amide bonds. The molecule has 0 saturated heterocycles. The number of hydrogen-bond donors (Lipinski definition) is 0. The summed E-state index contributed by atoms with van der Waals surface area (Å²) in [5.41, 5.74) is 5.98. The molecule has 1 heterocycles. The second kappa shape index (κ2) is 8.11. The van der Waals surface area contributed by atoms with Crippen LogP contribution in [-0.4, -0.2) is 5.97 Å². The van der Waals surface area contributed by atoms with Crippen molar-refractivity contribution in [3.8, 4) is 22.4 Å². The highest BCUT2D eigenvalue weighted by molar-refractivity contribution is 5.85. The maximum atomic E-state index is 12.1. The van der Waals surface area contributed by atoms with Crippen LogP contribution in [0.25, 0.3) is 22.4 Å². The Morgan fingerprint density at radius 2 is 1.34 bits per heavy atom. The number of aromatic nitrogens is 1. The van der Waals surface area contributed by atoms with Crippen molar-refractivity contribution in [2.24, 2.45) is 0 Å². The molecule has 0 aliphatic rings. The van der Waals surface area contributed by atoms with Gasteiger partial charge in [-0.25, -0.2) is 0 Å². The van der Waals surface area contributed by atoms with Crippen molar-refractivity contribution >= 4 is 5.97 Å². The van der Waals surface area contributed by atoms with Crippen LogP contribution < -0.4 is 9.67 Å². The lowest BCUT2D eigenvalue weighted by molar-refractivity contribution is -0.681. The Morgan fingerprint density at radius 3 is 1.93 bits per heavy atom. The third kappa shape index (κ3) is 4.09. The lowest BCUT2D eigenvalue weighted by Gasteiger charge is -2.13. The Hall–Kier alpha value is -3.72. The molecule has 1 aromatic heterocycles. The van der Waals surface area contributed by atoms with Gasteiger partial charge in [0.05, 0.1) is 0 Å². The van der Waals surface area contributed by atoms with E-state index in [1.54, 1.807) is 6.07 Å². The molecule has 0 aliphatic carbocycles. The summed E-state index contributed by atoms with van der Waals surface area (Å²) in [7, 11) is 0. The summed E-state index contributed by atoms with van der Waals surface area (Å²) >= 11 is 0. The molecule has 0 N–H and O–H groups in total. The van der Waals surface area contributed by atoms with Gasteiger partial charge in [0, 0.05) is 23.3 Å². The number of aromatic carboxylic acids is 1. The predicted molar refractivity (Wildman–Crippen MR) is 112 cm³/mol. The number of hydrogen-bond acceptors (Lipinski definition) is 2. The van der Waals surface area contributed by atoms with Gasteiger partial charge in [-0.3, -0.25) is 0 Å². The monoisotopic (exact) mass is 379 g/mol. The van der Waals surface area contributed by atoms with Crippen molar-refractivity contribution < 1.29 is 14.5 Å². The number of benzene rings is 3. The average molecular weight is 379 g/mol. The third-order valence-corrected chi connectivity index (χ3v) is 5.01. The van der Waals surface area contributed by atoms with Crippen molar-refractivity contribution in [3.05, 3.63) is 114 Å². The van der Waals surface area contributed by atoms with Crippen LogP contribution in [0.3, 0.4) is 0 Å². The molecule has 0 bridgehead atoms. The molecular formula is C26H21NO2. The molecule has 0 radical (unpaired) electrons. The fourth-order valence-corrected chi connectivity index (χ4v) is 3.48. The highest BCUT2D eigenvalue weighted by atomic mass is 16.4. The van der Waals surface area contributed by atoms with E-state index in [0.717, 1.165) is 27.9 Å². The maximum Gasteiger partial charge on any atom is 0.229 e. The molecule has 0 fully saturated rings. The second-order valence-corrected chi connectivity index (χ2v) is 7.11. The molecule has 4 rings (SSSR count). The van der Waals surface area contributed by atoms with Crippen LogP contribution in [0.15, 0.2) is 97.1 Å². The van der Waals surface area contributed by atoms with Gasteiger partial charge in [-0.15, -0.1) is 0 Å². The van der Waals surface area contributed by atoms with Gasteiger partial charge in [-0.1, -0.05) is 78.4 Å². The second-order valence-electron chi connectivity index (χ2n) is 7.11. The van der Waals surface area contributed by atoms with E-state index in [-0.39, 0.29) is 5.69 Å². The van der Waals surface area contributed by atoms with Crippen molar-refractivity contribution in [1.82, 2.24) is 0 Å².